The average molecular weight is 526 g/mol. The summed E-state index contributed by atoms with van der Waals surface area (Å²) in [5.41, 5.74) is 0.846. The van der Waals surface area contributed by atoms with Gasteiger partial charge in [0.25, 0.3) is 0 Å². The lowest BCUT2D eigenvalue weighted by Gasteiger charge is -2.42. The molecule has 190 valence electrons. The van der Waals surface area contributed by atoms with Crippen LogP contribution in [0.25, 0.3) is 0 Å². The number of amides is 2. The lowest BCUT2D eigenvalue weighted by molar-refractivity contribution is -0.140. The molecule has 2 amide bonds. The number of benzene rings is 1. The first-order chi connectivity index (χ1) is 16.6. The first kappa shape index (κ1) is 28.4. The van der Waals surface area contributed by atoms with E-state index in [9.17, 15) is 19.2 Å². The lowest BCUT2D eigenvalue weighted by atomic mass is 10.1. The van der Waals surface area contributed by atoms with E-state index in [1.54, 1.807) is 17.0 Å². The number of halogens is 2. The van der Waals surface area contributed by atoms with E-state index in [0.717, 1.165) is 25.2 Å². The highest BCUT2D eigenvalue weighted by Crippen LogP contribution is 2.24. The van der Waals surface area contributed by atoms with Gasteiger partial charge >= 0.3 is 11.9 Å². The van der Waals surface area contributed by atoms with Gasteiger partial charge < -0.3 is 24.9 Å². The minimum Gasteiger partial charge on any atom is -0.478 e. The summed E-state index contributed by atoms with van der Waals surface area (Å²) < 4.78 is 0. The third-order valence-corrected chi connectivity index (χ3v) is 6.40. The van der Waals surface area contributed by atoms with Crippen molar-refractivity contribution in [1.29, 1.82) is 0 Å². The summed E-state index contributed by atoms with van der Waals surface area (Å²) in [5, 5.41) is 16.6. The largest absolute Gasteiger partial charge is 0.478 e. The Balaban J connectivity index is 0.000000466. The van der Waals surface area contributed by atoms with Crippen molar-refractivity contribution >= 4 is 47.0 Å². The van der Waals surface area contributed by atoms with Crippen LogP contribution in [0.1, 0.15) is 18.4 Å². The molecule has 3 rings (SSSR count). The summed E-state index contributed by atoms with van der Waals surface area (Å²) >= 11 is 12.0. The molecule has 1 aromatic carbocycles. The molecule has 1 atom stereocenters. The maximum Gasteiger partial charge on any atom is 0.328 e. The SMILES string of the molecule is C=CC(=O)N1CCN(C(=O)Cc2ccc(Cl)c(Cl)c2)C(CN2CCCC2)C1.O=C(O)C=CC(=O)O. The van der Waals surface area contributed by atoms with Gasteiger partial charge in [-0.3, -0.25) is 9.59 Å². The van der Waals surface area contributed by atoms with E-state index in [2.05, 4.69) is 11.5 Å². The predicted octanol–water partition coefficient (Wildman–Crippen LogP) is 2.57. The number of carbonyl (C=O) groups is 4. The van der Waals surface area contributed by atoms with E-state index in [-0.39, 0.29) is 24.3 Å². The van der Waals surface area contributed by atoms with Gasteiger partial charge in [0.1, 0.15) is 0 Å². The molecule has 1 unspecified atom stereocenters. The highest BCUT2D eigenvalue weighted by atomic mass is 35.5. The Bertz CT molecular complexity index is 962. The second-order valence-electron chi connectivity index (χ2n) is 8.17. The first-order valence-corrected chi connectivity index (χ1v) is 11.9. The van der Waals surface area contributed by atoms with Crippen LogP contribution in [0.4, 0.5) is 0 Å². The van der Waals surface area contributed by atoms with Crippen LogP contribution in [0.3, 0.4) is 0 Å². The number of hydrogen-bond acceptors (Lipinski definition) is 5. The minimum atomic E-state index is -1.26. The number of rotatable bonds is 7. The molecule has 9 nitrogen and oxygen atoms in total. The zero-order chi connectivity index (χ0) is 26.0. The van der Waals surface area contributed by atoms with Crippen molar-refractivity contribution in [1.82, 2.24) is 14.7 Å². The summed E-state index contributed by atoms with van der Waals surface area (Å²) in [6.45, 7) is 8.12. The highest BCUT2D eigenvalue weighted by molar-refractivity contribution is 6.42. The molecule has 0 spiro atoms. The number of carboxylic acids is 2. The van der Waals surface area contributed by atoms with E-state index in [1.165, 1.54) is 18.9 Å². The quantitative estimate of drug-likeness (QED) is 0.525. The van der Waals surface area contributed by atoms with Crippen molar-refractivity contribution in [2.75, 3.05) is 39.3 Å². The molecule has 0 saturated carbocycles. The minimum absolute atomic E-state index is 0.00368. The second-order valence-corrected chi connectivity index (χ2v) is 8.99. The Morgan fingerprint density at radius 1 is 0.971 bits per heavy atom. The molecule has 0 aliphatic carbocycles. The van der Waals surface area contributed by atoms with Crippen molar-refractivity contribution in [2.45, 2.75) is 25.3 Å². The maximum atomic E-state index is 13.0. The highest BCUT2D eigenvalue weighted by Gasteiger charge is 2.33. The Morgan fingerprint density at radius 2 is 1.60 bits per heavy atom. The summed E-state index contributed by atoms with van der Waals surface area (Å²) in [6.07, 6.45) is 5.13. The Morgan fingerprint density at radius 3 is 2.14 bits per heavy atom. The standard InChI is InChI=1S/C20H25Cl2N3O2.C4H4O4/c1-2-19(26)24-9-10-25(16(14-24)13-23-7-3-4-8-23)20(27)12-15-5-6-17(21)18(22)11-15;5-3(6)1-2-4(7)8/h2,5-6,11,16H,1,3-4,7-10,12-14H2;1-2H,(H,5,6)(H,7,8). The van der Waals surface area contributed by atoms with Crippen LogP contribution < -0.4 is 0 Å². The topological polar surface area (TPSA) is 118 Å². The molecular formula is C24H29Cl2N3O6. The first-order valence-electron chi connectivity index (χ1n) is 11.1. The molecule has 0 bridgehead atoms. The predicted molar refractivity (Wildman–Crippen MR) is 133 cm³/mol. The van der Waals surface area contributed by atoms with E-state index >= 15 is 0 Å². The fourth-order valence-electron chi connectivity index (χ4n) is 4.00. The second kappa shape index (κ2) is 13.9. The molecule has 2 fully saturated rings. The third-order valence-electron chi connectivity index (χ3n) is 5.66. The Hall–Kier alpha value is -2.88. The van der Waals surface area contributed by atoms with Gasteiger partial charge in [0.05, 0.1) is 22.5 Å². The zero-order valence-corrected chi connectivity index (χ0v) is 20.7. The van der Waals surface area contributed by atoms with Crippen LogP contribution in [0, 0.1) is 0 Å². The molecule has 11 heteroatoms. The van der Waals surface area contributed by atoms with Crippen molar-refractivity contribution in [2.24, 2.45) is 0 Å². The van der Waals surface area contributed by atoms with Gasteiger partial charge in [-0.2, -0.15) is 0 Å². The van der Waals surface area contributed by atoms with Crippen LogP contribution in [-0.4, -0.2) is 94.0 Å². The van der Waals surface area contributed by atoms with Crippen molar-refractivity contribution < 1.29 is 29.4 Å². The lowest BCUT2D eigenvalue weighted by Crippen LogP contribution is -2.59. The number of carbonyl (C=O) groups excluding carboxylic acids is 2. The van der Waals surface area contributed by atoms with Crippen LogP contribution in [-0.2, 0) is 25.6 Å². The monoisotopic (exact) mass is 525 g/mol. The van der Waals surface area contributed by atoms with E-state index in [1.807, 2.05) is 11.0 Å². The van der Waals surface area contributed by atoms with Crippen molar-refractivity contribution in [3.8, 4) is 0 Å². The van der Waals surface area contributed by atoms with Gasteiger partial charge in [0, 0.05) is 38.3 Å². The number of piperazine rings is 1. The normalized spacial score (nSPS) is 18.2. The molecule has 2 aliphatic rings. The van der Waals surface area contributed by atoms with Gasteiger partial charge in [-0.25, -0.2) is 9.59 Å². The molecule has 35 heavy (non-hydrogen) atoms. The molecule has 2 N–H and O–H groups in total. The fourth-order valence-corrected chi connectivity index (χ4v) is 4.32. The molecule has 0 radical (unpaired) electrons. The van der Waals surface area contributed by atoms with Gasteiger partial charge in [-0.1, -0.05) is 35.8 Å². The number of carboxylic acid groups (broad SMARTS) is 2. The van der Waals surface area contributed by atoms with Gasteiger partial charge in [-0.15, -0.1) is 0 Å². The fraction of sp³-hybridized carbons (Fsp3) is 0.417. The van der Waals surface area contributed by atoms with Crippen LogP contribution >= 0.6 is 23.2 Å². The van der Waals surface area contributed by atoms with Gasteiger partial charge in [0.2, 0.25) is 11.8 Å². The number of hydrogen-bond donors (Lipinski definition) is 2. The number of aliphatic carboxylic acids is 2. The Labute approximate surface area is 214 Å². The summed E-state index contributed by atoms with van der Waals surface area (Å²) in [4.78, 5) is 50.3. The number of nitrogens with zero attached hydrogens (tertiary/aromatic N) is 3. The molecule has 2 aliphatic heterocycles. The van der Waals surface area contributed by atoms with E-state index in [0.29, 0.717) is 41.8 Å². The van der Waals surface area contributed by atoms with Gasteiger partial charge in [-0.05, 0) is 49.7 Å². The maximum absolute atomic E-state index is 13.0. The average Bonchev–Trinajstić information content (AvgIpc) is 3.33. The smallest absolute Gasteiger partial charge is 0.328 e. The summed E-state index contributed by atoms with van der Waals surface area (Å²) in [7, 11) is 0. The third kappa shape index (κ3) is 9.35. The van der Waals surface area contributed by atoms with Gasteiger partial charge in [0.15, 0.2) is 0 Å². The Kier molecular flexibility index (Phi) is 11.2. The van der Waals surface area contributed by atoms with Crippen molar-refractivity contribution in [3.05, 3.63) is 58.6 Å². The summed E-state index contributed by atoms with van der Waals surface area (Å²) in [5.74, 6) is -2.53. The van der Waals surface area contributed by atoms with E-state index in [4.69, 9.17) is 33.4 Å². The number of likely N-dealkylation sites (tertiary alicyclic amines) is 1. The zero-order valence-electron chi connectivity index (χ0n) is 19.2. The van der Waals surface area contributed by atoms with Crippen LogP contribution in [0.5, 0.6) is 0 Å². The van der Waals surface area contributed by atoms with Crippen molar-refractivity contribution in [3.63, 3.8) is 0 Å². The molecular weight excluding hydrogens is 497 g/mol. The molecule has 0 aromatic heterocycles. The van der Waals surface area contributed by atoms with Crippen LogP contribution in [0.15, 0.2) is 43.0 Å². The van der Waals surface area contributed by atoms with Crippen LogP contribution in [0.2, 0.25) is 10.0 Å². The molecule has 2 heterocycles. The molecule has 1 aromatic rings. The summed E-state index contributed by atoms with van der Waals surface area (Å²) in [6, 6.07) is 5.29. The molecule has 2 saturated heterocycles. The van der Waals surface area contributed by atoms with E-state index < -0.39 is 11.9 Å².